The number of hydrogen-bond acceptors (Lipinski definition) is 1. The summed E-state index contributed by atoms with van der Waals surface area (Å²) in [5.74, 6) is 0. The van der Waals surface area contributed by atoms with E-state index in [1.165, 1.54) is 0 Å². The van der Waals surface area contributed by atoms with Crippen molar-refractivity contribution in [3.8, 4) is 0 Å². The van der Waals surface area contributed by atoms with Gasteiger partial charge in [0.15, 0.2) is 0 Å². The Morgan fingerprint density at radius 3 is 2.21 bits per heavy atom. The van der Waals surface area contributed by atoms with Crippen molar-refractivity contribution in [3.05, 3.63) is 28.2 Å². The maximum absolute atomic E-state index is 12.2. The minimum atomic E-state index is -4.30. The number of halogens is 5. The number of benzene rings is 1. The van der Waals surface area contributed by atoms with Crippen molar-refractivity contribution in [2.24, 2.45) is 0 Å². The second kappa shape index (κ2) is 4.89. The molecule has 0 aliphatic heterocycles. The first-order valence-corrected chi connectivity index (χ1v) is 4.28. The van der Waals surface area contributed by atoms with Gasteiger partial charge < -0.3 is 5.32 Å². The highest BCUT2D eigenvalue weighted by Crippen LogP contribution is 2.33. The third kappa shape index (κ3) is 3.38. The van der Waals surface area contributed by atoms with Crippen LogP contribution in [0.25, 0.3) is 0 Å². The second-order valence-electron chi connectivity index (χ2n) is 2.48. The Balaban J connectivity index is 0.00000169. The smallest absolute Gasteiger partial charge is 0.388 e. The van der Waals surface area contributed by atoms with Gasteiger partial charge in [0.25, 0.3) is 0 Å². The van der Waals surface area contributed by atoms with Gasteiger partial charge in [0.1, 0.15) is 0 Å². The lowest BCUT2D eigenvalue weighted by Gasteiger charge is -2.09. The molecule has 0 radical (unpaired) electrons. The summed E-state index contributed by atoms with van der Waals surface area (Å²) < 4.78 is 37.1. The molecule has 0 aromatic heterocycles. The van der Waals surface area contributed by atoms with Crippen molar-refractivity contribution in [2.75, 3.05) is 12.4 Å². The largest absolute Gasteiger partial charge is 0.416 e. The van der Waals surface area contributed by atoms with E-state index in [0.29, 0.717) is 10.2 Å². The van der Waals surface area contributed by atoms with Gasteiger partial charge in [-0.05, 0) is 18.2 Å². The minimum absolute atomic E-state index is 0. The average molecular weight is 291 g/mol. The lowest BCUT2D eigenvalue weighted by Crippen LogP contribution is -2.05. The molecular formula is C8H8BrClF3N. The highest BCUT2D eigenvalue weighted by Gasteiger charge is 2.30. The zero-order valence-corrected chi connectivity index (χ0v) is 9.55. The lowest BCUT2D eigenvalue weighted by molar-refractivity contribution is -0.137. The van der Waals surface area contributed by atoms with Crippen molar-refractivity contribution in [2.45, 2.75) is 6.18 Å². The second-order valence-corrected chi connectivity index (χ2v) is 3.39. The van der Waals surface area contributed by atoms with E-state index in [4.69, 9.17) is 0 Å². The molecule has 0 saturated carbocycles. The monoisotopic (exact) mass is 289 g/mol. The van der Waals surface area contributed by atoms with E-state index < -0.39 is 11.7 Å². The van der Waals surface area contributed by atoms with Crippen LogP contribution in [0.15, 0.2) is 22.7 Å². The summed E-state index contributed by atoms with van der Waals surface area (Å²) in [7, 11) is 1.57. The molecule has 0 aliphatic rings. The number of anilines is 1. The van der Waals surface area contributed by atoms with Crippen LogP contribution in [0.5, 0.6) is 0 Å². The molecule has 0 amide bonds. The maximum atomic E-state index is 12.2. The third-order valence-corrected chi connectivity index (χ3v) is 1.97. The van der Waals surface area contributed by atoms with Gasteiger partial charge in [-0.3, -0.25) is 0 Å². The summed E-state index contributed by atoms with van der Waals surface area (Å²) in [6.45, 7) is 0. The molecule has 1 aromatic rings. The van der Waals surface area contributed by atoms with Gasteiger partial charge in [0.2, 0.25) is 0 Å². The normalized spacial score (nSPS) is 10.6. The molecule has 0 fully saturated rings. The average Bonchev–Trinajstić information content (AvgIpc) is 2.01. The standard InChI is InChI=1S/C8H7BrF3N.ClH/c1-13-7-3-5(8(10,11)12)2-6(9)4-7;/h2-4,13H,1H3;1H. The molecule has 0 unspecified atom stereocenters. The van der Waals surface area contributed by atoms with E-state index in [9.17, 15) is 13.2 Å². The van der Waals surface area contributed by atoms with Gasteiger partial charge in [0, 0.05) is 17.2 Å². The summed E-state index contributed by atoms with van der Waals surface area (Å²) in [6, 6.07) is 3.68. The van der Waals surface area contributed by atoms with Crippen molar-refractivity contribution in [1.29, 1.82) is 0 Å². The fourth-order valence-corrected chi connectivity index (χ4v) is 1.39. The molecule has 0 heterocycles. The highest BCUT2D eigenvalue weighted by molar-refractivity contribution is 9.10. The van der Waals surface area contributed by atoms with Gasteiger partial charge in [-0.15, -0.1) is 12.4 Å². The Kier molecular flexibility index (Phi) is 4.74. The maximum Gasteiger partial charge on any atom is 0.416 e. The zero-order valence-electron chi connectivity index (χ0n) is 7.15. The minimum Gasteiger partial charge on any atom is -0.388 e. The van der Waals surface area contributed by atoms with Crippen LogP contribution in [0.1, 0.15) is 5.56 Å². The van der Waals surface area contributed by atoms with Gasteiger partial charge in [-0.25, -0.2) is 0 Å². The summed E-state index contributed by atoms with van der Waals surface area (Å²) in [5, 5.41) is 2.65. The van der Waals surface area contributed by atoms with Gasteiger partial charge in [-0.1, -0.05) is 15.9 Å². The first kappa shape index (κ1) is 13.6. The molecular weight excluding hydrogens is 282 g/mol. The van der Waals surface area contributed by atoms with Crippen LogP contribution in [0, 0.1) is 0 Å². The summed E-state index contributed by atoms with van der Waals surface area (Å²) in [4.78, 5) is 0. The summed E-state index contributed by atoms with van der Waals surface area (Å²) in [6.07, 6.45) is -4.30. The highest BCUT2D eigenvalue weighted by atomic mass is 79.9. The molecule has 6 heteroatoms. The van der Waals surface area contributed by atoms with E-state index in [2.05, 4.69) is 21.2 Å². The van der Waals surface area contributed by atoms with Crippen LogP contribution in [-0.2, 0) is 6.18 Å². The predicted molar refractivity (Wildman–Crippen MR) is 55.9 cm³/mol. The third-order valence-electron chi connectivity index (χ3n) is 1.51. The molecule has 0 saturated heterocycles. The molecule has 0 aliphatic carbocycles. The lowest BCUT2D eigenvalue weighted by atomic mass is 10.2. The molecule has 1 aromatic carbocycles. The van der Waals surface area contributed by atoms with Crippen LogP contribution < -0.4 is 5.32 Å². The SMILES string of the molecule is CNc1cc(Br)cc(C(F)(F)F)c1.Cl. The van der Waals surface area contributed by atoms with Crippen LogP contribution in [0.4, 0.5) is 18.9 Å². The number of hydrogen-bond donors (Lipinski definition) is 1. The Bertz CT molecular complexity index is 314. The molecule has 0 spiro atoms. The van der Waals surface area contributed by atoms with E-state index in [-0.39, 0.29) is 12.4 Å². The van der Waals surface area contributed by atoms with Gasteiger partial charge in [-0.2, -0.15) is 13.2 Å². The molecule has 1 N–H and O–H groups in total. The van der Waals surface area contributed by atoms with Crippen molar-refractivity contribution in [1.82, 2.24) is 0 Å². The topological polar surface area (TPSA) is 12.0 Å². The van der Waals surface area contributed by atoms with Crippen LogP contribution in [0.3, 0.4) is 0 Å². The number of rotatable bonds is 1. The predicted octanol–water partition coefficient (Wildman–Crippen LogP) is 3.93. The first-order chi connectivity index (χ1) is 5.93. The van der Waals surface area contributed by atoms with E-state index in [1.807, 2.05) is 0 Å². The number of alkyl halides is 3. The van der Waals surface area contributed by atoms with Gasteiger partial charge >= 0.3 is 6.18 Å². The molecule has 80 valence electrons. The molecule has 0 bridgehead atoms. The van der Waals surface area contributed by atoms with E-state index in [0.717, 1.165) is 12.1 Å². The first-order valence-electron chi connectivity index (χ1n) is 3.49. The van der Waals surface area contributed by atoms with Crippen molar-refractivity contribution >= 4 is 34.0 Å². The molecule has 1 nitrogen and oxygen atoms in total. The summed E-state index contributed by atoms with van der Waals surface area (Å²) >= 11 is 3.01. The molecule has 0 atom stereocenters. The quantitative estimate of drug-likeness (QED) is 0.826. The zero-order chi connectivity index (χ0) is 10.1. The fourth-order valence-electron chi connectivity index (χ4n) is 0.898. The fraction of sp³-hybridized carbons (Fsp3) is 0.250. The van der Waals surface area contributed by atoms with Crippen LogP contribution in [-0.4, -0.2) is 7.05 Å². The van der Waals surface area contributed by atoms with Gasteiger partial charge in [0.05, 0.1) is 5.56 Å². The van der Waals surface area contributed by atoms with Crippen LogP contribution in [0.2, 0.25) is 0 Å². The Labute approximate surface area is 94.2 Å². The van der Waals surface area contributed by atoms with E-state index >= 15 is 0 Å². The number of nitrogens with one attached hydrogen (secondary N) is 1. The molecule has 14 heavy (non-hydrogen) atoms. The Morgan fingerprint density at radius 1 is 1.21 bits per heavy atom. The Hall–Kier alpha value is -0.420. The van der Waals surface area contributed by atoms with Crippen molar-refractivity contribution < 1.29 is 13.2 Å². The van der Waals surface area contributed by atoms with Crippen molar-refractivity contribution in [3.63, 3.8) is 0 Å². The molecule has 1 rings (SSSR count). The van der Waals surface area contributed by atoms with Crippen LogP contribution >= 0.6 is 28.3 Å². The van der Waals surface area contributed by atoms with E-state index in [1.54, 1.807) is 13.1 Å². The summed E-state index contributed by atoms with van der Waals surface area (Å²) in [5.41, 5.74) is -0.229. The Morgan fingerprint density at radius 2 is 1.79 bits per heavy atom.